The van der Waals surface area contributed by atoms with Crippen molar-refractivity contribution in [3.05, 3.63) is 34.3 Å². The van der Waals surface area contributed by atoms with E-state index in [4.69, 9.17) is 16.9 Å². The molecule has 1 N–H and O–H groups in total. The maximum atomic E-state index is 8.82. The normalized spacial score (nSPS) is 23.0. The highest BCUT2D eigenvalue weighted by Crippen LogP contribution is 2.27. The number of hydrogen-bond acceptors (Lipinski definition) is 2. The van der Waals surface area contributed by atoms with Gasteiger partial charge in [0.05, 0.1) is 11.6 Å². The summed E-state index contributed by atoms with van der Waals surface area (Å²) in [6.07, 6.45) is 6.55. The quantitative estimate of drug-likeness (QED) is 0.891. The highest BCUT2D eigenvalue weighted by Gasteiger charge is 2.20. The van der Waals surface area contributed by atoms with E-state index in [9.17, 15) is 0 Å². The summed E-state index contributed by atoms with van der Waals surface area (Å²) in [5, 5.41) is 13.1. The maximum Gasteiger partial charge on any atom is 0.0992 e. The number of rotatable bonds is 4. The van der Waals surface area contributed by atoms with Crippen molar-refractivity contribution >= 4 is 11.6 Å². The van der Waals surface area contributed by atoms with Crippen LogP contribution in [-0.2, 0) is 6.54 Å². The van der Waals surface area contributed by atoms with E-state index in [-0.39, 0.29) is 0 Å². The van der Waals surface area contributed by atoms with Gasteiger partial charge in [0.1, 0.15) is 0 Å². The van der Waals surface area contributed by atoms with Crippen molar-refractivity contribution in [2.75, 3.05) is 0 Å². The molecule has 2 unspecified atom stereocenters. The van der Waals surface area contributed by atoms with Crippen LogP contribution in [0.2, 0.25) is 5.02 Å². The molecule has 0 aromatic heterocycles. The lowest BCUT2D eigenvalue weighted by Gasteiger charge is -2.29. The van der Waals surface area contributed by atoms with Gasteiger partial charge in [0.25, 0.3) is 0 Å². The van der Waals surface area contributed by atoms with Gasteiger partial charge in [0, 0.05) is 17.6 Å². The monoisotopic (exact) mass is 276 g/mol. The van der Waals surface area contributed by atoms with Crippen molar-refractivity contribution in [2.24, 2.45) is 5.92 Å². The van der Waals surface area contributed by atoms with Crippen molar-refractivity contribution in [1.82, 2.24) is 5.32 Å². The number of halogens is 1. The molecule has 102 valence electrons. The van der Waals surface area contributed by atoms with E-state index in [1.165, 1.54) is 32.1 Å². The van der Waals surface area contributed by atoms with Gasteiger partial charge in [-0.25, -0.2) is 0 Å². The summed E-state index contributed by atoms with van der Waals surface area (Å²) in [5.74, 6) is 0.877. The number of nitrogens with one attached hydrogen (secondary N) is 1. The Morgan fingerprint density at radius 3 is 2.95 bits per heavy atom. The molecule has 3 heteroatoms. The van der Waals surface area contributed by atoms with Gasteiger partial charge in [0.2, 0.25) is 0 Å². The Morgan fingerprint density at radius 1 is 1.42 bits per heavy atom. The first-order valence-electron chi connectivity index (χ1n) is 7.14. The predicted octanol–water partition coefficient (Wildman–Crippen LogP) is 4.27. The van der Waals surface area contributed by atoms with Gasteiger partial charge in [-0.05, 0) is 36.5 Å². The molecule has 0 spiro atoms. The largest absolute Gasteiger partial charge is 0.310 e. The molecule has 0 bridgehead atoms. The molecule has 0 saturated heterocycles. The van der Waals surface area contributed by atoms with Gasteiger partial charge in [-0.2, -0.15) is 5.26 Å². The molecule has 1 aliphatic rings. The fourth-order valence-electron chi connectivity index (χ4n) is 2.86. The zero-order chi connectivity index (χ0) is 13.7. The fourth-order valence-corrected chi connectivity index (χ4v) is 3.11. The SMILES string of the molecule is CCC1CCCC(NCc2ccc(C#N)cc2Cl)C1. The maximum absolute atomic E-state index is 8.82. The van der Waals surface area contributed by atoms with E-state index in [0.29, 0.717) is 16.6 Å². The van der Waals surface area contributed by atoms with Gasteiger partial charge in [-0.15, -0.1) is 0 Å². The summed E-state index contributed by atoms with van der Waals surface area (Å²) in [6.45, 7) is 3.08. The van der Waals surface area contributed by atoms with Crippen LogP contribution in [0.1, 0.15) is 50.2 Å². The van der Waals surface area contributed by atoms with Gasteiger partial charge < -0.3 is 5.32 Å². The van der Waals surface area contributed by atoms with Gasteiger partial charge in [-0.3, -0.25) is 0 Å². The molecule has 1 aromatic rings. The lowest BCUT2D eigenvalue weighted by molar-refractivity contribution is 0.278. The zero-order valence-electron chi connectivity index (χ0n) is 11.5. The highest BCUT2D eigenvalue weighted by molar-refractivity contribution is 6.31. The smallest absolute Gasteiger partial charge is 0.0992 e. The summed E-state index contributed by atoms with van der Waals surface area (Å²) in [7, 11) is 0. The topological polar surface area (TPSA) is 35.8 Å². The number of benzene rings is 1. The minimum atomic E-state index is 0.616. The van der Waals surface area contributed by atoms with E-state index < -0.39 is 0 Å². The van der Waals surface area contributed by atoms with Crippen LogP contribution >= 0.6 is 11.6 Å². The molecule has 1 aromatic carbocycles. The summed E-state index contributed by atoms with van der Waals surface area (Å²) >= 11 is 6.19. The Balaban J connectivity index is 1.90. The Bertz CT molecular complexity index is 464. The molecule has 2 atom stereocenters. The second-order valence-corrected chi connectivity index (χ2v) is 5.84. The lowest BCUT2D eigenvalue weighted by Crippen LogP contribution is -2.33. The number of nitriles is 1. The van der Waals surface area contributed by atoms with E-state index in [2.05, 4.69) is 18.3 Å². The molecule has 2 rings (SSSR count). The number of hydrogen-bond donors (Lipinski definition) is 1. The van der Waals surface area contributed by atoms with Crippen LogP contribution in [0.4, 0.5) is 0 Å². The Morgan fingerprint density at radius 2 is 2.26 bits per heavy atom. The first-order valence-corrected chi connectivity index (χ1v) is 7.52. The second-order valence-electron chi connectivity index (χ2n) is 5.44. The average Bonchev–Trinajstić information content (AvgIpc) is 2.46. The minimum Gasteiger partial charge on any atom is -0.310 e. The van der Waals surface area contributed by atoms with Crippen LogP contribution in [-0.4, -0.2) is 6.04 Å². The van der Waals surface area contributed by atoms with E-state index in [0.717, 1.165) is 18.0 Å². The third kappa shape index (κ3) is 3.96. The van der Waals surface area contributed by atoms with Crippen molar-refractivity contribution in [3.63, 3.8) is 0 Å². The third-order valence-corrected chi connectivity index (χ3v) is 4.48. The van der Waals surface area contributed by atoms with Gasteiger partial charge in [-0.1, -0.05) is 43.9 Å². The molecule has 0 radical (unpaired) electrons. The average molecular weight is 277 g/mol. The molecule has 1 saturated carbocycles. The van der Waals surface area contributed by atoms with Crippen LogP contribution in [0.15, 0.2) is 18.2 Å². The first kappa shape index (κ1) is 14.4. The molecule has 0 amide bonds. The molecule has 2 nitrogen and oxygen atoms in total. The first-order chi connectivity index (χ1) is 9.22. The predicted molar refractivity (Wildman–Crippen MR) is 79.0 cm³/mol. The Kier molecular flexibility index (Phi) is 5.24. The fraction of sp³-hybridized carbons (Fsp3) is 0.562. The molecular formula is C16H21ClN2. The summed E-state index contributed by atoms with van der Waals surface area (Å²) in [5.41, 5.74) is 1.71. The standard InChI is InChI=1S/C16H21ClN2/c1-2-12-4-3-5-15(8-12)19-11-14-7-6-13(10-18)9-16(14)17/h6-7,9,12,15,19H,2-5,8,11H2,1H3. The van der Waals surface area contributed by atoms with Crippen molar-refractivity contribution in [2.45, 2.75) is 51.6 Å². The van der Waals surface area contributed by atoms with Crippen LogP contribution in [0.5, 0.6) is 0 Å². The summed E-state index contributed by atoms with van der Waals surface area (Å²) in [4.78, 5) is 0. The van der Waals surface area contributed by atoms with Crippen LogP contribution in [0, 0.1) is 17.2 Å². The molecule has 1 aliphatic carbocycles. The third-order valence-electron chi connectivity index (χ3n) is 4.12. The summed E-state index contributed by atoms with van der Waals surface area (Å²) < 4.78 is 0. The zero-order valence-corrected chi connectivity index (χ0v) is 12.2. The van der Waals surface area contributed by atoms with E-state index in [1.54, 1.807) is 6.07 Å². The number of nitrogens with zero attached hydrogens (tertiary/aromatic N) is 1. The highest BCUT2D eigenvalue weighted by atomic mass is 35.5. The molecule has 0 aliphatic heterocycles. The molecule has 19 heavy (non-hydrogen) atoms. The van der Waals surface area contributed by atoms with Crippen LogP contribution in [0.25, 0.3) is 0 Å². The lowest BCUT2D eigenvalue weighted by atomic mass is 9.84. The van der Waals surface area contributed by atoms with E-state index in [1.807, 2.05) is 12.1 Å². The Labute approximate surface area is 120 Å². The molecule has 1 fully saturated rings. The molecular weight excluding hydrogens is 256 g/mol. The van der Waals surface area contributed by atoms with Crippen molar-refractivity contribution in [3.8, 4) is 6.07 Å². The Hall–Kier alpha value is -1.04. The van der Waals surface area contributed by atoms with Crippen LogP contribution in [0.3, 0.4) is 0 Å². The van der Waals surface area contributed by atoms with Gasteiger partial charge in [0.15, 0.2) is 0 Å². The second kappa shape index (κ2) is 6.93. The van der Waals surface area contributed by atoms with Gasteiger partial charge >= 0.3 is 0 Å². The van der Waals surface area contributed by atoms with Crippen molar-refractivity contribution in [1.29, 1.82) is 5.26 Å². The minimum absolute atomic E-state index is 0.616. The summed E-state index contributed by atoms with van der Waals surface area (Å²) in [6, 6.07) is 8.25. The van der Waals surface area contributed by atoms with Crippen LogP contribution < -0.4 is 5.32 Å². The van der Waals surface area contributed by atoms with Crippen molar-refractivity contribution < 1.29 is 0 Å². The molecule has 0 heterocycles. The van der Waals surface area contributed by atoms with E-state index >= 15 is 0 Å².